The monoisotopic (exact) mass is 542 g/mol. The van der Waals surface area contributed by atoms with E-state index in [0.29, 0.717) is 60.3 Å². The van der Waals surface area contributed by atoms with Crippen LogP contribution >= 0.6 is 0 Å². The number of cyclic esters (lactones) is 1. The minimum absolute atomic E-state index is 0.0911. The molecule has 0 amide bonds. The Bertz CT molecular complexity index is 1490. The zero-order valence-corrected chi connectivity index (χ0v) is 23.2. The van der Waals surface area contributed by atoms with Crippen LogP contribution in [0.25, 0.3) is 16.8 Å². The summed E-state index contributed by atoms with van der Waals surface area (Å²) in [5.41, 5.74) is 2.40. The van der Waals surface area contributed by atoms with E-state index < -0.39 is 11.9 Å². The number of Topliss-reactive ketones (excluding diaryl/α,β-unsaturated/α-hetero) is 1. The number of ether oxygens (including phenoxy) is 4. The Morgan fingerprint density at radius 3 is 2.48 bits per heavy atom. The normalized spacial score (nSPS) is 20.1. The van der Waals surface area contributed by atoms with Gasteiger partial charge in [-0.25, -0.2) is 4.79 Å². The van der Waals surface area contributed by atoms with Gasteiger partial charge in [0.1, 0.15) is 28.6 Å². The van der Waals surface area contributed by atoms with Gasteiger partial charge in [-0.3, -0.25) is 9.59 Å². The minimum Gasteiger partial charge on any atom is -0.496 e. The van der Waals surface area contributed by atoms with Crippen LogP contribution in [-0.2, 0) is 14.3 Å². The summed E-state index contributed by atoms with van der Waals surface area (Å²) in [5, 5.41) is 1.87. The van der Waals surface area contributed by atoms with Gasteiger partial charge in [0.2, 0.25) is 0 Å². The highest BCUT2D eigenvalue weighted by atomic mass is 16.5. The number of rotatable bonds is 3. The average Bonchev–Trinajstić information content (AvgIpc) is 2.94. The van der Waals surface area contributed by atoms with Crippen LogP contribution in [0, 0.1) is 0 Å². The Morgan fingerprint density at radius 2 is 1.70 bits per heavy atom. The minimum atomic E-state index is -0.509. The molecule has 2 atom stereocenters. The first-order chi connectivity index (χ1) is 19.4. The Kier molecular flexibility index (Phi) is 8.19. The molecule has 208 valence electrons. The first kappa shape index (κ1) is 27.4. The van der Waals surface area contributed by atoms with Gasteiger partial charge in [0.05, 0.1) is 26.7 Å². The van der Waals surface area contributed by atoms with Crippen LogP contribution in [0.5, 0.6) is 17.2 Å². The second-order valence-electron chi connectivity index (χ2n) is 10.4. The summed E-state index contributed by atoms with van der Waals surface area (Å²) in [6.07, 6.45) is 7.14. The molecule has 5 rings (SSSR count). The molecule has 40 heavy (non-hydrogen) atoms. The van der Waals surface area contributed by atoms with Gasteiger partial charge >= 0.3 is 11.9 Å². The zero-order chi connectivity index (χ0) is 28.2. The van der Waals surface area contributed by atoms with Crippen molar-refractivity contribution in [2.24, 2.45) is 0 Å². The maximum atomic E-state index is 13.7. The molecule has 3 aromatic rings. The highest BCUT2D eigenvalue weighted by molar-refractivity contribution is 5.99. The standard InChI is InChI=1S/C33H34O7/c1-20-10-9-13-22(34)12-6-4-5-11-21-18-28-31(32(38-3)30(21)33(36)39-20)26(19-29(35)40-28)24-16-17-27(37-2)25-15-8-7-14-23(24)25/h5,7-8,11,14-18,20,26H,4,6,9-10,12-13,19H2,1-3H3/t20-,26+/m0/s1. The van der Waals surface area contributed by atoms with Crippen molar-refractivity contribution in [3.63, 3.8) is 0 Å². The fourth-order valence-corrected chi connectivity index (χ4v) is 5.75. The summed E-state index contributed by atoms with van der Waals surface area (Å²) in [6, 6.07) is 13.5. The molecule has 0 aliphatic carbocycles. The number of ketones is 1. The van der Waals surface area contributed by atoms with Gasteiger partial charge in [-0.05, 0) is 61.3 Å². The second-order valence-corrected chi connectivity index (χ2v) is 10.4. The summed E-state index contributed by atoms with van der Waals surface area (Å²) in [6.45, 7) is 1.84. The van der Waals surface area contributed by atoms with Gasteiger partial charge in [0.15, 0.2) is 0 Å². The van der Waals surface area contributed by atoms with E-state index >= 15 is 0 Å². The van der Waals surface area contributed by atoms with E-state index in [1.165, 1.54) is 7.11 Å². The van der Waals surface area contributed by atoms with E-state index in [-0.39, 0.29) is 24.3 Å². The van der Waals surface area contributed by atoms with Crippen molar-refractivity contribution in [1.82, 2.24) is 0 Å². The molecular formula is C33H34O7. The van der Waals surface area contributed by atoms with Crippen LogP contribution in [-0.4, -0.2) is 38.0 Å². The van der Waals surface area contributed by atoms with Crippen molar-refractivity contribution < 1.29 is 33.3 Å². The molecule has 0 N–H and O–H groups in total. The van der Waals surface area contributed by atoms with Gasteiger partial charge in [-0.1, -0.05) is 42.5 Å². The highest BCUT2D eigenvalue weighted by Crippen LogP contribution is 2.49. The quantitative estimate of drug-likeness (QED) is 0.266. The molecule has 0 fully saturated rings. The summed E-state index contributed by atoms with van der Waals surface area (Å²) >= 11 is 0. The van der Waals surface area contributed by atoms with E-state index in [0.717, 1.165) is 28.5 Å². The van der Waals surface area contributed by atoms with Crippen LogP contribution in [0.3, 0.4) is 0 Å². The van der Waals surface area contributed by atoms with E-state index in [1.807, 2.05) is 55.5 Å². The summed E-state index contributed by atoms with van der Waals surface area (Å²) in [5.74, 6) is 0.375. The average molecular weight is 543 g/mol. The third-order valence-electron chi connectivity index (χ3n) is 7.68. The van der Waals surface area contributed by atoms with Crippen LogP contribution < -0.4 is 14.2 Å². The molecule has 0 bridgehead atoms. The van der Waals surface area contributed by atoms with Gasteiger partial charge in [0.25, 0.3) is 0 Å². The van der Waals surface area contributed by atoms with Crippen molar-refractivity contribution in [1.29, 1.82) is 0 Å². The fourth-order valence-electron chi connectivity index (χ4n) is 5.75. The number of fused-ring (bicyclic) bond motifs is 3. The molecule has 0 saturated heterocycles. The smallest absolute Gasteiger partial charge is 0.342 e. The van der Waals surface area contributed by atoms with Gasteiger partial charge in [-0.15, -0.1) is 0 Å². The zero-order valence-electron chi connectivity index (χ0n) is 23.2. The van der Waals surface area contributed by atoms with Crippen LogP contribution in [0.15, 0.2) is 48.5 Å². The maximum absolute atomic E-state index is 13.7. The predicted molar refractivity (Wildman–Crippen MR) is 152 cm³/mol. The summed E-state index contributed by atoms with van der Waals surface area (Å²) in [4.78, 5) is 38.8. The molecule has 0 spiro atoms. The molecule has 0 radical (unpaired) electrons. The maximum Gasteiger partial charge on any atom is 0.342 e. The van der Waals surface area contributed by atoms with Crippen molar-refractivity contribution in [3.05, 3.63) is 70.8 Å². The predicted octanol–water partition coefficient (Wildman–Crippen LogP) is 6.78. The topological polar surface area (TPSA) is 88.1 Å². The first-order valence-electron chi connectivity index (χ1n) is 13.8. The Morgan fingerprint density at radius 1 is 0.925 bits per heavy atom. The van der Waals surface area contributed by atoms with Crippen molar-refractivity contribution in [2.75, 3.05) is 14.2 Å². The number of esters is 2. The van der Waals surface area contributed by atoms with Crippen LogP contribution in [0.2, 0.25) is 0 Å². The largest absolute Gasteiger partial charge is 0.496 e. The van der Waals surface area contributed by atoms with E-state index in [1.54, 1.807) is 13.2 Å². The van der Waals surface area contributed by atoms with E-state index in [2.05, 4.69) is 0 Å². The number of hydrogen-bond donors (Lipinski definition) is 0. The molecule has 0 saturated carbocycles. The first-order valence-corrected chi connectivity index (χ1v) is 13.8. The number of methoxy groups -OCH3 is 2. The van der Waals surface area contributed by atoms with Crippen LogP contribution in [0.4, 0.5) is 0 Å². The molecule has 7 nitrogen and oxygen atoms in total. The third-order valence-corrected chi connectivity index (χ3v) is 7.68. The molecule has 2 aliphatic rings. The Hall–Kier alpha value is -4.13. The fraction of sp³-hybridized carbons (Fsp3) is 0.364. The Balaban J connectivity index is 1.69. The van der Waals surface area contributed by atoms with E-state index in [9.17, 15) is 14.4 Å². The lowest BCUT2D eigenvalue weighted by atomic mass is 9.81. The molecule has 2 aliphatic heterocycles. The lowest BCUT2D eigenvalue weighted by molar-refractivity contribution is -0.135. The van der Waals surface area contributed by atoms with E-state index in [4.69, 9.17) is 18.9 Å². The molecule has 0 unspecified atom stereocenters. The van der Waals surface area contributed by atoms with Crippen LogP contribution in [0.1, 0.15) is 84.8 Å². The number of allylic oxidation sites excluding steroid dienone is 1. The van der Waals surface area contributed by atoms with Gasteiger partial charge in [-0.2, -0.15) is 0 Å². The molecular weight excluding hydrogens is 508 g/mol. The lowest BCUT2D eigenvalue weighted by Gasteiger charge is -2.29. The molecule has 2 heterocycles. The molecule has 0 aromatic heterocycles. The second kappa shape index (κ2) is 11.9. The third kappa shape index (κ3) is 5.46. The Labute approximate surface area is 234 Å². The van der Waals surface area contributed by atoms with Gasteiger partial charge in [0, 0.05) is 29.7 Å². The number of carbonyl (C=O) groups is 3. The molecule has 7 heteroatoms. The lowest BCUT2D eigenvalue weighted by Crippen LogP contribution is -2.24. The van der Waals surface area contributed by atoms with Crippen molar-refractivity contribution in [2.45, 2.75) is 63.9 Å². The summed E-state index contributed by atoms with van der Waals surface area (Å²) in [7, 11) is 3.15. The SMILES string of the molecule is COc1c2c(cc3c1[C@@H](c1ccc(OC)c4ccccc14)CC(=O)O3)C=CCCCC(=O)CCC[C@H](C)OC2=O. The number of hydrogen-bond acceptors (Lipinski definition) is 7. The van der Waals surface area contributed by atoms with Crippen molar-refractivity contribution >= 4 is 34.6 Å². The summed E-state index contributed by atoms with van der Waals surface area (Å²) < 4.78 is 23.2. The van der Waals surface area contributed by atoms with Gasteiger partial charge < -0.3 is 18.9 Å². The number of benzene rings is 3. The molecule has 3 aromatic carbocycles. The van der Waals surface area contributed by atoms with Crippen molar-refractivity contribution in [3.8, 4) is 17.2 Å². The number of carbonyl (C=O) groups excluding carboxylic acids is 3. The highest BCUT2D eigenvalue weighted by Gasteiger charge is 2.37.